The molecule has 0 aliphatic carbocycles. The number of carbonyl (C=O) groups excluding carboxylic acids is 1. The van der Waals surface area contributed by atoms with Gasteiger partial charge in [0.05, 0.1) is 4.90 Å². The van der Waals surface area contributed by atoms with Crippen LogP contribution in [0.4, 0.5) is 8.78 Å². The molecule has 0 atom stereocenters. The standard InChI is InChI=1S/C17H14F2O4S/c1-24(21,22)14-9-6-12(7-10-14)15(20)11-8-13-4-2-3-5-16(13)23-17(18)19/h2-11,17H,1H3/b11-8+. The van der Waals surface area contributed by atoms with Gasteiger partial charge in [0.25, 0.3) is 0 Å². The molecule has 0 spiro atoms. The fraction of sp³-hybridized carbons (Fsp3) is 0.118. The molecule has 24 heavy (non-hydrogen) atoms. The maximum absolute atomic E-state index is 12.3. The van der Waals surface area contributed by atoms with E-state index >= 15 is 0 Å². The van der Waals surface area contributed by atoms with Crippen molar-refractivity contribution in [2.75, 3.05) is 6.26 Å². The highest BCUT2D eigenvalue weighted by Crippen LogP contribution is 2.22. The Morgan fingerprint density at radius 1 is 1.08 bits per heavy atom. The molecule has 0 saturated carbocycles. The Morgan fingerprint density at radius 2 is 1.71 bits per heavy atom. The van der Waals surface area contributed by atoms with Crippen LogP contribution in [0.1, 0.15) is 15.9 Å². The molecule has 7 heteroatoms. The van der Waals surface area contributed by atoms with Gasteiger partial charge < -0.3 is 4.74 Å². The van der Waals surface area contributed by atoms with Gasteiger partial charge in [-0.2, -0.15) is 8.78 Å². The summed E-state index contributed by atoms with van der Waals surface area (Å²) in [6, 6.07) is 11.5. The third kappa shape index (κ3) is 4.73. The van der Waals surface area contributed by atoms with Gasteiger partial charge in [0.15, 0.2) is 15.6 Å². The molecule has 0 amide bonds. The summed E-state index contributed by atoms with van der Waals surface area (Å²) in [5, 5.41) is 0. The second kappa shape index (κ2) is 7.35. The fourth-order valence-electron chi connectivity index (χ4n) is 1.95. The van der Waals surface area contributed by atoms with Crippen molar-refractivity contribution in [3.8, 4) is 5.75 Å². The summed E-state index contributed by atoms with van der Waals surface area (Å²) < 4.78 is 51.8. The third-order valence-electron chi connectivity index (χ3n) is 3.12. The lowest BCUT2D eigenvalue weighted by molar-refractivity contribution is -0.0499. The van der Waals surface area contributed by atoms with Gasteiger partial charge in [0.2, 0.25) is 0 Å². The number of alkyl halides is 2. The zero-order chi connectivity index (χ0) is 17.7. The van der Waals surface area contributed by atoms with E-state index in [4.69, 9.17) is 0 Å². The second-order valence-corrected chi connectivity index (χ2v) is 6.93. The van der Waals surface area contributed by atoms with E-state index in [1.807, 2.05) is 0 Å². The molecule has 0 N–H and O–H groups in total. The lowest BCUT2D eigenvalue weighted by atomic mass is 10.1. The smallest absolute Gasteiger partial charge is 0.387 e. The van der Waals surface area contributed by atoms with Crippen LogP contribution in [0.25, 0.3) is 6.08 Å². The molecule has 0 bridgehead atoms. The molecule has 0 heterocycles. The zero-order valence-electron chi connectivity index (χ0n) is 12.6. The van der Waals surface area contributed by atoms with Gasteiger partial charge in [-0.05, 0) is 42.5 Å². The van der Waals surface area contributed by atoms with Crippen molar-refractivity contribution in [1.82, 2.24) is 0 Å². The maximum Gasteiger partial charge on any atom is 0.387 e. The fourth-order valence-corrected chi connectivity index (χ4v) is 2.58. The molecule has 0 unspecified atom stereocenters. The Morgan fingerprint density at radius 3 is 2.29 bits per heavy atom. The summed E-state index contributed by atoms with van der Waals surface area (Å²) in [6.45, 7) is -2.96. The van der Waals surface area contributed by atoms with Gasteiger partial charge in [0.1, 0.15) is 5.75 Å². The van der Waals surface area contributed by atoms with Crippen molar-refractivity contribution in [2.45, 2.75) is 11.5 Å². The molecule has 0 aliphatic heterocycles. The summed E-state index contributed by atoms with van der Waals surface area (Å²) in [4.78, 5) is 12.2. The van der Waals surface area contributed by atoms with Crippen molar-refractivity contribution < 1.29 is 26.7 Å². The zero-order valence-corrected chi connectivity index (χ0v) is 13.5. The van der Waals surface area contributed by atoms with Crippen LogP contribution in [0, 0.1) is 0 Å². The number of allylic oxidation sites excluding steroid dienone is 1. The molecule has 0 saturated heterocycles. The van der Waals surface area contributed by atoms with Gasteiger partial charge in [0, 0.05) is 17.4 Å². The number of ketones is 1. The Kier molecular flexibility index (Phi) is 5.46. The maximum atomic E-state index is 12.3. The van der Waals surface area contributed by atoms with Crippen molar-refractivity contribution in [1.29, 1.82) is 0 Å². The van der Waals surface area contributed by atoms with Crippen molar-refractivity contribution in [3.63, 3.8) is 0 Å². The number of halogens is 2. The molecule has 2 aromatic carbocycles. The molecule has 126 valence electrons. The number of hydrogen-bond donors (Lipinski definition) is 0. The van der Waals surface area contributed by atoms with Crippen LogP contribution < -0.4 is 4.74 Å². The lowest BCUT2D eigenvalue weighted by Crippen LogP contribution is -2.03. The van der Waals surface area contributed by atoms with Gasteiger partial charge in [-0.15, -0.1) is 0 Å². The summed E-state index contributed by atoms with van der Waals surface area (Å²) in [7, 11) is -3.33. The number of ether oxygens (including phenoxy) is 1. The molecule has 2 aromatic rings. The lowest BCUT2D eigenvalue weighted by Gasteiger charge is -2.07. The molecule has 0 aromatic heterocycles. The molecule has 0 aliphatic rings. The summed E-state index contributed by atoms with van der Waals surface area (Å²) >= 11 is 0. The Bertz CT molecular complexity index is 856. The van der Waals surface area contributed by atoms with E-state index in [0.717, 1.165) is 6.26 Å². The molecule has 4 nitrogen and oxygen atoms in total. The van der Waals surface area contributed by atoms with Crippen molar-refractivity contribution in [3.05, 3.63) is 65.7 Å². The van der Waals surface area contributed by atoms with Gasteiger partial charge in [-0.3, -0.25) is 4.79 Å². The monoisotopic (exact) mass is 352 g/mol. The van der Waals surface area contributed by atoms with Crippen molar-refractivity contribution in [2.24, 2.45) is 0 Å². The predicted molar refractivity (Wildman–Crippen MR) is 86.0 cm³/mol. The van der Waals surface area contributed by atoms with E-state index in [-0.39, 0.29) is 22.0 Å². The van der Waals surface area contributed by atoms with E-state index < -0.39 is 16.4 Å². The largest absolute Gasteiger partial charge is 0.434 e. The van der Waals surface area contributed by atoms with Crippen LogP contribution in [0.15, 0.2) is 59.5 Å². The third-order valence-corrected chi connectivity index (χ3v) is 4.24. The summed E-state index contributed by atoms with van der Waals surface area (Å²) in [5.74, 6) is -0.425. The Balaban J connectivity index is 2.19. The summed E-state index contributed by atoms with van der Waals surface area (Å²) in [5.41, 5.74) is 0.616. The molecule has 0 radical (unpaired) electrons. The normalized spacial score (nSPS) is 11.8. The quantitative estimate of drug-likeness (QED) is 0.589. The predicted octanol–water partition coefficient (Wildman–Crippen LogP) is 3.59. The van der Waals surface area contributed by atoms with E-state index in [0.29, 0.717) is 5.56 Å². The van der Waals surface area contributed by atoms with Gasteiger partial charge in [-0.1, -0.05) is 18.2 Å². The minimum Gasteiger partial charge on any atom is -0.434 e. The highest BCUT2D eigenvalue weighted by atomic mass is 32.2. The highest BCUT2D eigenvalue weighted by molar-refractivity contribution is 7.90. The number of hydrogen-bond acceptors (Lipinski definition) is 4. The number of rotatable bonds is 6. The minimum atomic E-state index is -3.33. The SMILES string of the molecule is CS(=O)(=O)c1ccc(C(=O)/C=C/c2ccccc2OC(F)F)cc1. The van der Waals surface area contributed by atoms with Crippen LogP contribution >= 0.6 is 0 Å². The number of sulfone groups is 1. The average Bonchev–Trinajstić information content (AvgIpc) is 2.52. The first-order valence-corrected chi connectivity index (χ1v) is 8.73. The van der Waals surface area contributed by atoms with Crippen LogP contribution in [0.5, 0.6) is 5.75 Å². The molecular weight excluding hydrogens is 338 g/mol. The number of carbonyl (C=O) groups is 1. The first-order valence-electron chi connectivity index (χ1n) is 6.84. The van der Waals surface area contributed by atoms with Crippen LogP contribution in [-0.4, -0.2) is 27.1 Å². The van der Waals surface area contributed by atoms with Crippen LogP contribution in [0.2, 0.25) is 0 Å². The first kappa shape index (κ1) is 17.8. The minimum absolute atomic E-state index is 0.0380. The van der Waals surface area contributed by atoms with E-state index in [9.17, 15) is 22.0 Å². The van der Waals surface area contributed by atoms with Crippen LogP contribution in [0.3, 0.4) is 0 Å². The van der Waals surface area contributed by atoms with Gasteiger partial charge >= 0.3 is 6.61 Å². The first-order chi connectivity index (χ1) is 11.3. The van der Waals surface area contributed by atoms with Crippen molar-refractivity contribution >= 4 is 21.7 Å². The van der Waals surface area contributed by atoms with Crippen LogP contribution in [-0.2, 0) is 9.84 Å². The second-order valence-electron chi connectivity index (χ2n) is 4.91. The molecule has 0 fully saturated rings. The number of benzene rings is 2. The van der Waals surface area contributed by atoms with E-state index in [1.165, 1.54) is 48.6 Å². The van der Waals surface area contributed by atoms with Gasteiger partial charge in [-0.25, -0.2) is 8.42 Å². The van der Waals surface area contributed by atoms with E-state index in [2.05, 4.69) is 4.74 Å². The average molecular weight is 352 g/mol. The Hall–Kier alpha value is -2.54. The summed E-state index contributed by atoms with van der Waals surface area (Å²) in [6.07, 6.45) is 3.65. The molecule has 2 rings (SSSR count). The van der Waals surface area contributed by atoms with E-state index in [1.54, 1.807) is 12.1 Å². The highest BCUT2D eigenvalue weighted by Gasteiger charge is 2.10. The number of para-hydroxylation sites is 1. The Labute approximate surface area is 138 Å². The topological polar surface area (TPSA) is 60.4 Å². The molecular formula is C17H14F2O4S.